The van der Waals surface area contributed by atoms with Gasteiger partial charge in [0.1, 0.15) is 5.75 Å². The van der Waals surface area contributed by atoms with E-state index in [1.165, 1.54) is 0 Å². The molecule has 2 unspecified atom stereocenters. The predicted molar refractivity (Wildman–Crippen MR) is 85.6 cm³/mol. The molecule has 0 spiro atoms. The van der Waals surface area contributed by atoms with Crippen LogP contribution in [-0.4, -0.2) is 16.7 Å². The minimum Gasteiger partial charge on any atom is -0.434 e. The minimum absolute atomic E-state index is 0.0255. The van der Waals surface area contributed by atoms with Crippen molar-refractivity contribution in [1.29, 1.82) is 0 Å². The number of allylic oxidation sites excluding steroid dienone is 3. The third kappa shape index (κ3) is 2.77. The van der Waals surface area contributed by atoms with Gasteiger partial charge in [0.05, 0.1) is 5.60 Å². The van der Waals surface area contributed by atoms with Gasteiger partial charge in [-0.3, -0.25) is 0 Å². The van der Waals surface area contributed by atoms with Gasteiger partial charge in [0, 0.05) is 28.6 Å². The molecule has 1 aliphatic rings. The molecule has 0 radical (unpaired) electrons. The van der Waals surface area contributed by atoms with Crippen LogP contribution in [0.3, 0.4) is 0 Å². The second kappa shape index (κ2) is 5.81. The smallest absolute Gasteiger partial charge is 0.387 e. The molecule has 3 nitrogen and oxygen atoms in total. The highest BCUT2D eigenvalue weighted by molar-refractivity contribution is 5.89. The Morgan fingerprint density at radius 1 is 1.39 bits per heavy atom. The van der Waals surface area contributed by atoms with Gasteiger partial charge < -0.3 is 14.8 Å². The summed E-state index contributed by atoms with van der Waals surface area (Å²) >= 11 is 0. The number of aliphatic hydroxyl groups is 1. The van der Waals surface area contributed by atoms with E-state index in [1.807, 2.05) is 31.2 Å². The maximum absolute atomic E-state index is 12.9. The zero-order valence-corrected chi connectivity index (χ0v) is 13.0. The summed E-state index contributed by atoms with van der Waals surface area (Å²) in [4.78, 5) is 3.10. The third-order valence-electron chi connectivity index (χ3n) is 4.43. The summed E-state index contributed by atoms with van der Waals surface area (Å²) in [6.45, 7) is 0.525. The Balaban J connectivity index is 2.21. The van der Waals surface area contributed by atoms with Crippen LogP contribution in [0.4, 0.5) is 8.78 Å². The summed E-state index contributed by atoms with van der Waals surface area (Å²) in [5.41, 5.74) is 0.667. The lowest BCUT2D eigenvalue weighted by molar-refractivity contribution is -0.0556. The number of ether oxygens (including phenoxy) is 1. The molecule has 23 heavy (non-hydrogen) atoms. The first kappa shape index (κ1) is 15.7. The average Bonchev–Trinajstić information content (AvgIpc) is 2.97. The van der Waals surface area contributed by atoms with Crippen LogP contribution < -0.4 is 4.74 Å². The van der Waals surface area contributed by atoms with E-state index in [9.17, 15) is 13.9 Å². The summed E-state index contributed by atoms with van der Waals surface area (Å²) < 4.78 is 30.4. The van der Waals surface area contributed by atoms with Crippen molar-refractivity contribution in [3.05, 3.63) is 53.8 Å². The molecule has 0 saturated carbocycles. The van der Waals surface area contributed by atoms with E-state index in [2.05, 4.69) is 4.98 Å². The third-order valence-corrected chi connectivity index (χ3v) is 4.43. The molecule has 1 aromatic heterocycles. The Labute approximate surface area is 133 Å². The lowest BCUT2D eigenvalue weighted by Gasteiger charge is -2.34. The quantitative estimate of drug-likeness (QED) is 0.876. The second-order valence-corrected chi connectivity index (χ2v) is 6.01. The predicted octanol–water partition coefficient (Wildman–Crippen LogP) is 4.42. The summed E-state index contributed by atoms with van der Waals surface area (Å²) in [5, 5.41) is 11.9. The molecule has 0 aliphatic heterocycles. The number of hydrogen-bond acceptors (Lipinski definition) is 2. The van der Waals surface area contributed by atoms with Crippen LogP contribution in [0.2, 0.25) is 0 Å². The fourth-order valence-electron chi connectivity index (χ4n) is 3.27. The number of rotatable bonds is 4. The van der Waals surface area contributed by atoms with Gasteiger partial charge in [-0.2, -0.15) is 8.78 Å². The van der Waals surface area contributed by atoms with Crippen molar-refractivity contribution in [3.8, 4) is 5.75 Å². The SMILES string of the molecule is Cc1cc(OC(F)F)c(C(C)(O)C2C=CC=CC2)c2cc[nH]c12. The molecule has 1 aliphatic carbocycles. The standard InChI is InChI=1S/C18H19F2NO2/c1-11-10-14(23-17(19)20)15(13-8-9-21-16(11)13)18(2,22)12-6-4-3-5-7-12/h3-6,8-10,12,17,21-22H,7H2,1-2H3. The topological polar surface area (TPSA) is 45.2 Å². The molecule has 122 valence electrons. The Morgan fingerprint density at radius 3 is 2.83 bits per heavy atom. The zero-order valence-electron chi connectivity index (χ0n) is 13.0. The van der Waals surface area contributed by atoms with E-state index >= 15 is 0 Å². The average molecular weight is 319 g/mol. The summed E-state index contributed by atoms with van der Waals surface area (Å²) in [5.74, 6) is -0.189. The van der Waals surface area contributed by atoms with Crippen LogP contribution >= 0.6 is 0 Å². The lowest BCUT2D eigenvalue weighted by atomic mass is 9.77. The number of halogens is 2. The molecule has 2 aromatic rings. The first-order chi connectivity index (χ1) is 10.9. The number of alkyl halides is 2. The molecule has 1 heterocycles. The lowest BCUT2D eigenvalue weighted by Crippen LogP contribution is -2.32. The normalized spacial score (nSPS) is 20.2. The van der Waals surface area contributed by atoms with Gasteiger partial charge in [-0.05, 0) is 38.0 Å². The number of aryl methyl sites for hydroxylation is 1. The summed E-state index contributed by atoms with van der Waals surface area (Å²) in [6, 6.07) is 3.34. The maximum atomic E-state index is 12.9. The number of aromatic nitrogens is 1. The highest BCUT2D eigenvalue weighted by Crippen LogP contribution is 2.44. The number of benzene rings is 1. The largest absolute Gasteiger partial charge is 0.434 e. The minimum atomic E-state index is -2.94. The molecular weight excluding hydrogens is 300 g/mol. The van der Waals surface area contributed by atoms with Crippen LogP contribution in [-0.2, 0) is 5.60 Å². The Hall–Kier alpha value is -2.14. The van der Waals surface area contributed by atoms with E-state index in [0.717, 1.165) is 11.1 Å². The van der Waals surface area contributed by atoms with Gasteiger partial charge in [0.25, 0.3) is 0 Å². The first-order valence-corrected chi connectivity index (χ1v) is 7.53. The Morgan fingerprint density at radius 2 is 2.17 bits per heavy atom. The molecule has 0 bridgehead atoms. The van der Waals surface area contributed by atoms with Crippen molar-refractivity contribution >= 4 is 10.9 Å². The zero-order chi connectivity index (χ0) is 16.6. The van der Waals surface area contributed by atoms with Gasteiger partial charge in [0.15, 0.2) is 0 Å². The molecule has 0 amide bonds. The Bertz CT molecular complexity index is 775. The van der Waals surface area contributed by atoms with Crippen LogP contribution in [0.1, 0.15) is 24.5 Å². The molecule has 3 rings (SSSR count). The van der Waals surface area contributed by atoms with Crippen molar-refractivity contribution < 1.29 is 18.6 Å². The van der Waals surface area contributed by atoms with Crippen LogP contribution in [0.25, 0.3) is 10.9 Å². The molecule has 0 fully saturated rings. The van der Waals surface area contributed by atoms with E-state index in [-0.39, 0.29) is 11.7 Å². The van der Waals surface area contributed by atoms with Crippen molar-refractivity contribution in [2.75, 3.05) is 0 Å². The highest BCUT2D eigenvalue weighted by Gasteiger charge is 2.37. The van der Waals surface area contributed by atoms with E-state index in [4.69, 9.17) is 4.74 Å². The number of aromatic amines is 1. The maximum Gasteiger partial charge on any atom is 0.387 e. The second-order valence-electron chi connectivity index (χ2n) is 6.01. The van der Waals surface area contributed by atoms with Gasteiger partial charge in [-0.15, -0.1) is 0 Å². The molecule has 1 aromatic carbocycles. The molecule has 0 saturated heterocycles. The molecule has 2 atom stereocenters. The highest BCUT2D eigenvalue weighted by atomic mass is 19.3. The van der Waals surface area contributed by atoms with Crippen LogP contribution in [0.5, 0.6) is 5.75 Å². The molecular formula is C18H19F2NO2. The van der Waals surface area contributed by atoms with Crippen molar-refractivity contribution in [2.45, 2.75) is 32.5 Å². The summed E-state index contributed by atoms with van der Waals surface area (Å²) in [6.07, 6.45) is 9.99. The molecule has 2 N–H and O–H groups in total. The van der Waals surface area contributed by atoms with E-state index in [0.29, 0.717) is 17.4 Å². The van der Waals surface area contributed by atoms with E-state index in [1.54, 1.807) is 25.3 Å². The van der Waals surface area contributed by atoms with Gasteiger partial charge >= 0.3 is 6.61 Å². The van der Waals surface area contributed by atoms with Gasteiger partial charge in [-0.25, -0.2) is 0 Å². The molecule has 5 heteroatoms. The fraction of sp³-hybridized carbons (Fsp3) is 0.333. The number of hydrogen-bond donors (Lipinski definition) is 2. The van der Waals surface area contributed by atoms with Crippen molar-refractivity contribution in [1.82, 2.24) is 4.98 Å². The van der Waals surface area contributed by atoms with Crippen molar-refractivity contribution in [2.24, 2.45) is 5.92 Å². The van der Waals surface area contributed by atoms with Gasteiger partial charge in [-0.1, -0.05) is 24.3 Å². The first-order valence-electron chi connectivity index (χ1n) is 7.53. The van der Waals surface area contributed by atoms with Crippen LogP contribution in [0, 0.1) is 12.8 Å². The Kier molecular flexibility index (Phi) is 3.98. The fourth-order valence-corrected chi connectivity index (χ4v) is 3.27. The van der Waals surface area contributed by atoms with Crippen LogP contribution in [0.15, 0.2) is 42.6 Å². The van der Waals surface area contributed by atoms with Gasteiger partial charge in [0.2, 0.25) is 0 Å². The monoisotopic (exact) mass is 319 g/mol. The van der Waals surface area contributed by atoms with E-state index < -0.39 is 12.2 Å². The number of nitrogens with one attached hydrogen (secondary N) is 1. The number of fused-ring (bicyclic) bond motifs is 1. The number of H-pyrrole nitrogens is 1. The van der Waals surface area contributed by atoms with Crippen molar-refractivity contribution in [3.63, 3.8) is 0 Å². The summed E-state index contributed by atoms with van der Waals surface area (Å²) in [7, 11) is 0.